The third kappa shape index (κ3) is 3.88. The zero-order valence-corrected chi connectivity index (χ0v) is 12.1. The van der Waals surface area contributed by atoms with Crippen molar-refractivity contribution in [2.45, 2.75) is 69.3 Å². The summed E-state index contributed by atoms with van der Waals surface area (Å²) in [5, 5.41) is 12.8. The van der Waals surface area contributed by atoms with Crippen LogP contribution in [0, 0.1) is 5.92 Å². The summed E-state index contributed by atoms with van der Waals surface area (Å²) < 4.78 is 42.0. The van der Waals surface area contributed by atoms with Crippen molar-refractivity contribution >= 4 is 5.97 Å². The van der Waals surface area contributed by atoms with Crippen molar-refractivity contribution in [2.75, 3.05) is 6.61 Å². The molecule has 0 aromatic rings. The topological polar surface area (TPSA) is 58.6 Å². The lowest BCUT2D eigenvalue weighted by atomic mass is 9.84. The number of halogens is 3. The Balaban J connectivity index is 1.89. The van der Waals surface area contributed by atoms with Gasteiger partial charge >= 0.3 is 12.1 Å². The van der Waals surface area contributed by atoms with E-state index in [4.69, 9.17) is 4.74 Å². The number of ether oxygens (including phenoxy) is 1. The van der Waals surface area contributed by atoms with E-state index in [1.54, 1.807) is 0 Å². The second-order valence-electron chi connectivity index (χ2n) is 6.13. The van der Waals surface area contributed by atoms with Crippen LogP contribution in [0.25, 0.3) is 0 Å². The molecule has 21 heavy (non-hydrogen) atoms. The van der Waals surface area contributed by atoms with E-state index in [1.165, 1.54) is 0 Å². The minimum atomic E-state index is -4.37. The summed E-state index contributed by atoms with van der Waals surface area (Å²) in [5.41, 5.74) is -0.980. The van der Waals surface area contributed by atoms with E-state index in [9.17, 15) is 23.1 Å². The van der Waals surface area contributed by atoms with Crippen LogP contribution in [-0.2, 0) is 9.53 Å². The van der Waals surface area contributed by atoms with Gasteiger partial charge in [0, 0.05) is 12.6 Å². The summed E-state index contributed by atoms with van der Waals surface area (Å²) in [6, 6.07) is 0.247. The SMILES string of the molecule is CC(OCCC1CCCC1(NC1CC1)C(=O)O)C(F)(F)F. The summed E-state index contributed by atoms with van der Waals surface area (Å²) >= 11 is 0. The molecule has 3 atom stereocenters. The minimum Gasteiger partial charge on any atom is -0.480 e. The van der Waals surface area contributed by atoms with Gasteiger partial charge in [-0.15, -0.1) is 0 Å². The standard InChI is InChI=1S/C14H22F3NO3/c1-9(14(15,16)17)21-8-6-10-3-2-7-13(10,12(19)20)18-11-4-5-11/h9-11,18H,2-8H2,1H3,(H,19,20). The van der Waals surface area contributed by atoms with E-state index < -0.39 is 23.8 Å². The second-order valence-corrected chi connectivity index (χ2v) is 6.13. The second kappa shape index (κ2) is 6.12. The molecule has 0 spiro atoms. The average molecular weight is 309 g/mol. The van der Waals surface area contributed by atoms with Crippen LogP contribution in [-0.4, -0.2) is 41.5 Å². The Labute approximate surface area is 122 Å². The van der Waals surface area contributed by atoms with Crippen molar-refractivity contribution in [2.24, 2.45) is 5.92 Å². The van der Waals surface area contributed by atoms with E-state index >= 15 is 0 Å². The number of aliphatic carboxylic acids is 1. The molecule has 0 aliphatic heterocycles. The molecule has 0 heterocycles. The van der Waals surface area contributed by atoms with E-state index in [2.05, 4.69) is 5.32 Å². The van der Waals surface area contributed by atoms with Gasteiger partial charge in [0.05, 0.1) is 0 Å². The van der Waals surface area contributed by atoms with Gasteiger partial charge in [-0.3, -0.25) is 10.1 Å². The molecule has 2 aliphatic rings. The van der Waals surface area contributed by atoms with Gasteiger partial charge in [0.15, 0.2) is 6.10 Å². The molecule has 122 valence electrons. The minimum absolute atomic E-state index is 0.0628. The fraction of sp³-hybridized carbons (Fsp3) is 0.929. The van der Waals surface area contributed by atoms with Gasteiger partial charge in [0.2, 0.25) is 0 Å². The van der Waals surface area contributed by atoms with Crippen molar-refractivity contribution < 1.29 is 27.8 Å². The molecule has 0 saturated heterocycles. The van der Waals surface area contributed by atoms with Crippen molar-refractivity contribution in [3.8, 4) is 0 Å². The first-order valence-electron chi connectivity index (χ1n) is 7.45. The summed E-state index contributed by atoms with van der Waals surface area (Å²) in [6.07, 6.45) is -1.85. The maximum Gasteiger partial charge on any atom is 0.414 e. The molecule has 2 N–H and O–H groups in total. The van der Waals surface area contributed by atoms with Crippen LogP contribution in [0.15, 0.2) is 0 Å². The number of alkyl halides is 3. The molecule has 0 aromatic carbocycles. The lowest BCUT2D eigenvalue weighted by Gasteiger charge is -2.33. The number of carbonyl (C=O) groups is 1. The first-order chi connectivity index (χ1) is 9.75. The largest absolute Gasteiger partial charge is 0.480 e. The lowest BCUT2D eigenvalue weighted by molar-refractivity contribution is -0.215. The smallest absolute Gasteiger partial charge is 0.414 e. The van der Waals surface area contributed by atoms with Crippen molar-refractivity contribution in [3.63, 3.8) is 0 Å². The molecule has 2 fully saturated rings. The molecule has 3 unspecified atom stereocenters. The van der Waals surface area contributed by atoms with Crippen LogP contribution in [0.3, 0.4) is 0 Å². The molecule has 0 bridgehead atoms. The highest BCUT2D eigenvalue weighted by molar-refractivity contribution is 5.80. The molecule has 0 amide bonds. The molecule has 0 aromatic heterocycles. The quantitative estimate of drug-likeness (QED) is 0.759. The Kier molecular flexibility index (Phi) is 4.82. The Morgan fingerprint density at radius 1 is 1.43 bits per heavy atom. The Bertz CT molecular complexity index is 384. The van der Waals surface area contributed by atoms with Crippen molar-refractivity contribution in [1.82, 2.24) is 5.32 Å². The molecule has 2 rings (SSSR count). The molecule has 0 radical (unpaired) electrons. The highest BCUT2D eigenvalue weighted by atomic mass is 19.4. The number of nitrogens with one attached hydrogen (secondary N) is 1. The summed E-state index contributed by atoms with van der Waals surface area (Å²) in [6.45, 7) is 0.911. The van der Waals surface area contributed by atoms with E-state index in [0.29, 0.717) is 12.8 Å². The Morgan fingerprint density at radius 3 is 2.62 bits per heavy atom. The van der Waals surface area contributed by atoms with E-state index in [0.717, 1.165) is 32.6 Å². The maximum absolute atomic E-state index is 12.4. The average Bonchev–Trinajstić information content (AvgIpc) is 3.08. The van der Waals surface area contributed by atoms with Gasteiger partial charge in [-0.1, -0.05) is 6.42 Å². The Hall–Kier alpha value is -0.820. The van der Waals surface area contributed by atoms with Gasteiger partial charge < -0.3 is 9.84 Å². The predicted molar refractivity (Wildman–Crippen MR) is 70.0 cm³/mol. The highest BCUT2D eigenvalue weighted by Gasteiger charge is 2.51. The number of hydrogen-bond donors (Lipinski definition) is 2. The molecule has 4 nitrogen and oxygen atoms in total. The zero-order chi connectivity index (χ0) is 15.7. The van der Waals surface area contributed by atoms with Gasteiger partial charge in [-0.05, 0) is 44.9 Å². The molecule has 2 saturated carbocycles. The number of hydrogen-bond acceptors (Lipinski definition) is 3. The normalized spacial score (nSPS) is 31.3. The van der Waals surface area contributed by atoms with E-state index in [-0.39, 0.29) is 18.6 Å². The zero-order valence-electron chi connectivity index (χ0n) is 12.1. The lowest BCUT2D eigenvalue weighted by Crippen LogP contribution is -2.56. The van der Waals surface area contributed by atoms with Crippen LogP contribution in [0.5, 0.6) is 0 Å². The number of rotatable bonds is 7. The maximum atomic E-state index is 12.4. The fourth-order valence-electron chi connectivity index (χ4n) is 3.08. The summed E-state index contributed by atoms with van der Waals surface area (Å²) in [4.78, 5) is 11.7. The predicted octanol–water partition coefficient (Wildman–Crippen LogP) is 2.72. The third-order valence-corrected chi connectivity index (χ3v) is 4.54. The van der Waals surface area contributed by atoms with Crippen LogP contribution >= 0.6 is 0 Å². The molecular formula is C14H22F3NO3. The van der Waals surface area contributed by atoms with Gasteiger partial charge in [0.25, 0.3) is 0 Å². The van der Waals surface area contributed by atoms with Crippen LogP contribution < -0.4 is 5.32 Å². The highest BCUT2D eigenvalue weighted by Crippen LogP contribution is 2.41. The monoisotopic (exact) mass is 309 g/mol. The first kappa shape index (κ1) is 16.5. The first-order valence-corrected chi connectivity index (χ1v) is 7.45. The van der Waals surface area contributed by atoms with Gasteiger partial charge in [-0.25, -0.2) is 0 Å². The number of carboxylic acids is 1. The molecule has 7 heteroatoms. The third-order valence-electron chi connectivity index (χ3n) is 4.54. The van der Waals surface area contributed by atoms with Crippen molar-refractivity contribution in [1.29, 1.82) is 0 Å². The van der Waals surface area contributed by atoms with E-state index in [1.807, 2.05) is 0 Å². The van der Waals surface area contributed by atoms with Crippen LogP contribution in [0.1, 0.15) is 45.4 Å². The van der Waals surface area contributed by atoms with Crippen LogP contribution in [0.4, 0.5) is 13.2 Å². The van der Waals surface area contributed by atoms with Gasteiger partial charge in [-0.2, -0.15) is 13.2 Å². The van der Waals surface area contributed by atoms with Gasteiger partial charge in [0.1, 0.15) is 5.54 Å². The van der Waals surface area contributed by atoms with Crippen LogP contribution in [0.2, 0.25) is 0 Å². The van der Waals surface area contributed by atoms with Crippen molar-refractivity contribution in [3.05, 3.63) is 0 Å². The fourth-order valence-corrected chi connectivity index (χ4v) is 3.08. The molecule has 2 aliphatic carbocycles. The summed E-state index contributed by atoms with van der Waals surface area (Å²) in [7, 11) is 0. The molecular weight excluding hydrogens is 287 g/mol. The Morgan fingerprint density at radius 2 is 2.10 bits per heavy atom. The summed E-state index contributed by atoms with van der Waals surface area (Å²) in [5.74, 6) is -1.06. The number of carboxylic acid groups (broad SMARTS) is 1.